The van der Waals surface area contributed by atoms with E-state index in [1.54, 1.807) is 11.8 Å². The van der Waals surface area contributed by atoms with E-state index >= 15 is 0 Å². The number of aliphatic hydroxyl groups excluding tert-OH is 1. The van der Waals surface area contributed by atoms with Gasteiger partial charge >= 0.3 is 6.03 Å². The topological polar surface area (TPSA) is 79.8 Å². The zero-order valence-corrected chi connectivity index (χ0v) is 27.2. The lowest BCUT2D eigenvalue weighted by Crippen LogP contribution is -2.38. The number of aliphatic hydroxyl groups is 1. The molecule has 240 valence electrons. The van der Waals surface area contributed by atoms with Crippen molar-refractivity contribution in [3.8, 4) is 11.1 Å². The summed E-state index contributed by atoms with van der Waals surface area (Å²) in [4.78, 5) is 13.6. The number of hydrogen-bond acceptors (Lipinski definition) is 5. The Bertz CT molecular complexity index is 1730. The monoisotopic (exact) mass is 644 g/mol. The molecule has 0 saturated carbocycles. The second-order valence-electron chi connectivity index (χ2n) is 11.8. The van der Waals surface area contributed by atoms with Crippen LogP contribution >= 0.6 is 11.8 Å². The van der Waals surface area contributed by atoms with Crippen molar-refractivity contribution in [3.05, 3.63) is 161 Å². The van der Waals surface area contributed by atoms with Crippen molar-refractivity contribution in [1.82, 2.24) is 10.6 Å². The third-order valence-electron chi connectivity index (χ3n) is 8.45. The number of rotatable bonds is 11. The van der Waals surface area contributed by atoms with E-state index in [1.807, 2.05) is 78.9 Å². The minimum atomic E-state index is -0.548. The highest BCUT2D eigenvalue weighted by Crippen LogP contribution is 2.43. The van der Waals surface area contributed by atoms with Crippen LogP contribution in [-0.2, 0) is 29.2 Å². The summed E-state index contributed by atoms with van der Waals surface area (Å²) in [5, 5.41) is 15.5. The highest BCUT2D eigenvalue weighted by atomic mass is 32.2. The summed E-state index contributed by atoms with van der Waals surface area (Å²) >= 11 is 1.79. The Morgan fingerprint density at radius 1 is 0.681 bits per heavy atom. The van der Waals surface area contributed by atoms with Crippen LogP contribution in [0.1, 0.15) is 47.1 Å². The minimum Gasteiger partial charge on any atom is -0.392 e. The maximum Gasteiger partial charge on any atom is 0.315 e. The van der Waals surface area contributed by atoms with E-state index < -0.39 is 6.29 Å². The molecule has 5 aromatic carbocycles. The van der Waals surface area contributed by atoms with Gasteiger partial charge in [0.1, 0.15) is 0 Å². The lowest BCUT2D eigenvalue weighted by atomic mass is 9.91. The highest BCUT2D eigenvalue weighted by molar-refractivity contribution is 7.99. The summed E-state index contributed by atoms with van der Waals surface area (Å²) in [6.07, 6.45) is -0.769. The molecule has 5 aromatic rings. The van der Waals surface area contributed by atoms with Gasteiger partial charge in [-0.05, 0) is 57.6 Å². The Hall–Kier alpha value is -4.40. The number of carbonyl (C=O) groups is 1. The van der Waals surface area contributed by atoms with Crippen LogP contribution in [0.2, 0.25) is 0 Å². The molecule has 1 heterocycles. The SMILES string of the molecule is C[C@H]1[C@@H](CSc2ccccc2)O[C@@H](c2cccc(-c3cccc(CNC(=O)NCc4ccccc4)c3)c2)O[C@H]1c1ccc(CO)cc1. The number of urea groups is 1. The summed E-state index contributed by atoms with van der Waals surface area (Å²) in [7, 11) is 0. The van der Waals surface area contributed by atoms with Gasteiger partial charge in [-0.2, -0.15) is 0 Å². The molecule has 47 heavy (non-hydrogen) atoms. The summed E-state index contributed by atoms with van der Waals surface area (Å²) in [5.41, 5.74) is 7.05. The first-order valence-corrected chi connectivity index (χ1v) is 17.0. The summed E-state index contributed by atoms with van der Waals surface area (Å²) in [6.45, 7) is 3.09. The molecule has 6 nitrogen and oxygen atoms in total. The Labute approximate surface area is 281 Å². The van der Waals surface area contributed by atoms with Gasteiger partial charge in [0.2, 0.25) is 0 Å². The number of benzene rings is 5. The molecular formula is C40H40N2O4S. The van der Waals surface area contributed by atoms with Crippen LogP contribution in [0.25, 0.3) is 11.1 Å². The predicted octanol–water partition coefficient (Wildman–Crippen LogP) is 8.43. The normalized spacial score (nSPS) is 19.2. The van der Waals surface area contributed by atoms with Crippen molar-refractivity contribution in [1.29, 1.82) is 0 Å². The standard InChI is InChI=1S/C40H40N2O4S/c1-28-37(27-47-36-16-6-3-7-17-36)45-39(46-38(28)32-20-18-30(26-43)19-21-32)35-15-9-14-34(23-35)33-13-8-12-31(22-33)25-42-40(44)41-24-29-10-4-2-5-11-29/h2-23,28,37-39,43H,24-27H2,1H3,(H2,41,42,44)/t28-,37+,38+,39+/m0/s1. The molecule has 0 unspecified atom stereocenters. The van der Waals surface area contributed by atoms with Crippen molar-refractivity contribution < 1.29 is 19.4 Å². The number of amides is 2. The molecule has 7 heteroatoms. The third kappa shape index (κ3) is 8.70. The molecule has 1 aliphatic heterocycles. The molecule has 0 aromatic heterocycles. The van der Waals surface area contributed by atoms with Gasteiger partial charge in [0.25, 0.3) is 0 Å². The predicted molar refractivity (Wildman–Crippen MR) is 188 cm³/mol. The van der Waals surface area contributed by atoms with E-state index in [4.69, 9.17) is 9.47 Å². The maximum absolute atomic E-state index is 12.4. The highest BCUT2D eigenvalue weighted by Gasteiger charge is 2.38. The third-order valence-corrected chi connectivity index (χ3v) is 9.55. The fourth-order valence-corrected chi connectivity index (χ4v) is 6.84. The molecule has 0 aliphatic carbocycles. The maximum atomic E-state index is 12.4. The fraction of sp³-hybridized carbons (Fsp3) is 0.225. The first kappa shape index (κ1) is 32.5. The average molecular weight is 645 g/mol. The molecule has 0 spiro atoms. The van der Waals surface area contributed by atoms with Gasteiger partial charge in [-0.15, -0.1) is 11.8 Å². The lowest BCUT2D eigenvalue weighted by molar-refractivity contribution is -0.268. The molecule has 1 fully saturated rings. The molecule has 1 aliphatic rings. The van der Waals surface area contributed by atoms with E-state index in [-0.39, 0.29) is 30.8 Å². The molecule has 6 rings (SSSR count). The molecule has 2 amide bonds. The average Bonchev–Trinajstić information content (AvgIpc) is 3.14. The van der Waals surface area contributed by atoms with Crippen molar-refractivity contribution >= 4 is 17.8 Å². The molecular weight excluding hydrogens is 605 g/mol. The van der Waals surface area contributed by atoms with Crippen molar-refractivity contribution in [2.45, 2.75) is 50.0 Å². The van der Waals surface area contributed by atoms with Gasteiger partial charge in [-0.3, -0.25) is 0 Å². The van der Waals surface area contributed by atoms with Gasteiger partial charge in [-0.1, -0.05) is 116 Å². The number of nitrogens with one attached hydrogen (secondary N) is 2. The number of thioether (sulfide) groups is 1. The van der Waals surface area contributed by atoms with E-state index in [0.29, 0.717) is 13.1 Å². The van der Waals surface area contributed by atoms with Crippen molar-refractivity contribution in [3.63, 3.8) is 0 Å². The zero-order valence-electron chi connectivity index (χ0n) is 26.4. The second kappa shape index (κ2) is 15.9. The van der Waals surface area contributed by atoms with Crippen LogP contribution in [0.3, 0.4) is 0 Å². The summed E-state index contributed by atoms with van der Waals surface area (Å²) in [5.74, 6) is 0.906. The van der Waals surface area contributed by atoms with Crippen molar-refractivity contribution in [2.75, 3.05) is 5.75 Å². The van der Waals surface area contributed by atoms with E-state index in [1.165, 1.54) is 4.90 Å². The van der Waals surface area contributed by atoms with Crippen LogP contribution in [0.15, 0.2) is 138 Å². The molecule has 3 N–H and O–H groups in total. The Morgan fingerprint density at radius 3 is 2.04 bits per heavy atom. The Morgan fingerprint density at radius 2 is 1.32 bits per heavy atom. The largest absolute Gasteiger partial charge is 0.392 e. The van der Waals surface area contributed by atoms with Crippen molar-refractivity contribution in [2.24, 2.45) is 5.92 Å². The smallest absolute Gasteiger partial charge is 0.315 e. The number of ether oxygens (including phenoxy) is 2. The summed E-state index contributed by atoms with van der Waals surface area (Å²) < 4.78 is 13.4. The van der Waals surface area contributed by atoms with Crippen LogP contribution in [0.5, 0.6) is 0 Å². The second-order valence-corrected chi connectivity index (χ2v) is 12.9. The van der Waals surface area contributed by atoms with Crippen LogP contribution in [-0.4, -0.2) is 23.0 Å². The number of hydrogen-bond donors (Lipinski definition) is 3. The van der Waals surface area contributed by atoms with E-state index in [2.05, 4.69) is 72.2 Å². The Kier molecular flexibility index (Phi) is 11.0. The van der Waals surface area contributed by atoms with Gasteiger partial charge in [0.15, 0.2) is 6.29 Å². The Balaban J connectivity index is 1.17. The summed E-state index contributed by atoms with van der Waals surface area (Å²) in [6, 6.07) is 44.6. The van der Waals surface area contributed by atoms with Crippen LogP contribution < -0.4 is 10.6 Å². The zero-order chi connectivity index (χ0) is 32.4. The van der Waals surface area contributed by atoms with Gasteiger partial charge in [-0.25, -0.2) is 4.79 Å². The van der Waals surface area contributed by atoms with Gasteiger partial charge < -0.3 is 25.2 Å². The van der Waals surface area contributed by atoms with Crippen LogP contribution in [0.4, 0.5) is 4.79 Å². The molecule has 1 saturated heterocycles. The molecule has 4 atom stereocenters. The first-order valence-electron chi connectivity index (χ1n) is 16.0. The quantitative estimate of drug-likeness (QED) is 0.126. The van der Waals surface area contributed by atoms with E-state index in [9.17, 15) is 9.90 Å². The fourth-order valence-electron chi connectivity index (χ4n) is 5.75. The lowest BCUT2D eigenvalue weighted by Gasteiger charge is -2.41. The first-order chi connectivity index (χ1) is 23.1. The molecule has 0 bridgehead atoms. The number of carbonyl (C=O) groups excluding carboxylic acids is 1. The van der Waals surface area contributed by atoms with Gasteiger partial charge in [0, 0.05) is 35.2 Å². The van der Waals surface area contributed by atoms with Gasteiger partial charge in [0.05, 0.1) is 18.8 Å². The van der Waals surface area contributed by atoms with E-state index in [0.717, 1.165) is 44.7 Å². The molecule has 0 radical (unpaired) electrons. The minimum absolute atomic E-state index is 0.00887. The van der Waals surface area contributed by atoms with Crippen LogP contribution in [0, 0.1) is 5.92 Å².